The zero-order chi connectivity index (χ0) is 31.6. The maximum atomic E-state index is 12.3. The van der Waals surface area contributed by atoms with Crippen LogP contribution in [0.4, 0.5) is 0 Å². The van der Waals surface area contributed by atoms with Gasteiger partial charge in [-0.15, -0.1) is 0 Å². The lowest BCUT2D eigenvalue weighted by atomic mass is 9.56. The van der Waals surface area contributed by atoms with E-state index in [9.17, 15) is 4.79 Å². The molecule has 0 amide bonds. The number of rotatable bonds is 13. The molecule has 2 saturated carbocycles. The number of piperidine rings is 1. The zero-order valence-electron chi connectivity index (χ0n) is 29.2. The van der Waals surface area contributed by atoms with Gasteiger partial charge in [0.05, 0.1) is 44.7 Å². The molecule has 0 aromatic heterocycles. The van der Waals surface area contributed by atoms with Crippen LogP contribution in [0.5, 0.6) is 0 Å². The number of ether oxygens (including phenoxy) is 4. The van der Waals surface area contributed by atoms with Gasteiger partial charge in [0.2, 0.25) is 0 Å². The summed E-state index contributed by atoms with van der Waals surface area (Å²) in [6.07, 6.45) is 16.2. The van der Waals surface area contributed by atoms with Crippen molar-refractivity contribution in [3.63, 3.8) is 0 Å². The summed E-state index contributed by atoms with van der Waals surface area (Å²) in [5.74, 6) is 3.72. The first-order chi connectivity index (χ1) is 21.8. The van der Waals surface area contributed by atoms with Crippen LogP contribution in [0.15, 0.2) is 22.8 Å². The van der Waals surface area contributed by atoms with E-state index in [4.69, 9.17) is 18.9 Å². The highest BCUT2D eigenvalue weighted by Crippen LogP contribution is 2.64. The summed E-state index contributed by atoms with van der Waals surface area (Å²) in [4.78, 5) is 15.0. The molecular weight excluding hydrogens is 562 g/mol. The molecule has 6 heteroatoms. The molecule has 6 aliphatic rings. The van der Waals surface area contributed by atoms with Crippen molar-refractivity contribution in [1.82, 2.24) is 4.90 Å². The Morgan fingerprint density at radius 2 is 1.73 bits per heavy atom. The van der Waals surface area contributed by atoms with Crippen molar-refractivity contribution in [3.05, 3.63) is 22.8 Å². The quantitative estimate of drug-likeness (QED) is 0.156. The molecule has 6 nitrogen and oxygen atoms in total. The van der Waals surface area contributed by atoms with E-state index in [2.05, 4.69) is 39.5 Å². The molecule has 0 aromatic carbocycles. The van der Waals surface area contributed by atoms with Crippen molar-refractivity contribution in [3.8, 4) is 0 Å². The first-order valence-corrected chi connectivity index (χ1v) is 18.8. The minimum atomic E-state index is -0.0389. The molecule has 254 valence electrons. The number of allylic oxidation sites excluding steroid dienone is 3. The highest BCUT2D eigenvalue weighted by molar-refractivity contribution is 5.91. The molecule has 2 heterocycles. The second kappa shape index (κ2) is 14.6. The van der Waals surface area contributed by atoms with E-state index in [1.54, 1.807) is 11.1 Å². The van der Waals surface area contributed by atoms with Crippen LogP contribution in [-0.4, -0.2) is 81.2 Å². The van der Waals surface area contributed by atoms with Crippen LogP contribution in [-0.2, 0) is 23.7 Å². The van der Waals surface area contributed by atoms with Gasteiger partial charge in [0.15, 0.2) is 5.78 Å². The summed E-state index contributed by atoms with van der Waals surface area (Å²) in [5, 5.41) is 0. The summed E-state index contributed by atoms with van der Waals surface area (Å²) in [7, 11) is 0. The highest BCUT2D eigenvalue weighted by atomic mass is 16.5. The van der Waals surface area contributed by atoms with Crippen molar-refractivity contribution in [2.45, 2.75) is 129 Å². The van der Waals surface area contributed by atoms with Crippen LogP contribution in [0.1, 0.15) is 112 Å². The molecule has 9 atom stereocenters. The summed E-state index contributed by atoms with van der Waals surface area (Å²) >= 11 is 0. The number of likely N-dealkylation sites (tertiary alicyclic amines) is 1. The minimum absolute atomic E-state index is 0.0389. The van der Waals surface area contributed by atoms with Crippen molar-refractivity contribution < 1.29 is 23.7 Å². The zero-order valence-corrected chi connectivity index (χ0v) is 29.2. The van der Waals surface area contributed by atoms with E-state index in [1.165, 1.54) is 50.5 Å². The highest BCUT2D eigenvalue weighted by Gasteiger charge is 2.59. The lowest BCUT2D eigenvalue weighted by Gasteiger charge is -2.48. The number of unbranched alkanes of at least 4 members (excludes halogenated alkanes) is 2. The van der Waals surface area contributed by atoms with Crippen molar-refractivity contribution in [2.24, 2.45) is 35.0 Å². The molecule has 1 spiro atoms. The van der Waals surface area contributed by atoms with Crippen LogP contribution < -0.4 is 0 Å². The average Bonchev–Trinajstić information content (AvgIpc) is 3.48. The lowest BCUT2D eigenvalue weighted by molar-refractivity contribution is -0.116. The van der Waals surface area contributed by atoms with Gasteiger partial charge in [-0.3, -0.25) is 9.69 Å². The number of fused-ring (bicyclic) bond motifs is 6. The Morgan fingerprint density at radius 3 is 2.51 bits per heavy atom. The van der Waals surface area contributed by atoms with E-state index >= 15 is 0 Å². The molecule has 0 radical (unpaired) electrons. The van der Waals surface area contributed by atoms with E-state index in [0.717, 1.165) is 64.3 Å². The van der Waals surface area contributed by atoms with E-state index in [-0.39, 0.29) is 11.0 Å². The Labute approximate surface area is 274 Å². The second-order valence-electron chi connectivity index (χ2n) is 16.1. The molecule has 6 rings (SSSR count). The minimum Gasteiger partial charge on any atom is -0.379 e. The fourth-order valence-corrected chi connectivity index (χ4v) is 10.9. The molecule has 0 aromatic rings. The lowest BCUT2D eigenvalue weighted by Crippen LogP contribution is -2.52. The van der Waals surface area contributed by atoms with Gasteiger partial charge in [-0.05, 0) is 99.9 Å². The van der Waals surface area contributed by atoms with Crippen LogP contribution in [0.2, 0.25) is 0 Å². The topological polar surface area (TPSA) is 57.2 Å². The first-order valence-electron chi connectivity index (χ1n) is 18.8. The average molecular weight is 626 g/mol. The third-order valence-electron chi connectivity index (χ3n) is 13.3. The van der Waals surface area contributed by atoms with Crippen molar-refractivity contribution >= 4 is 5.78 Å². The fraction of sp³-hybridized carbons (Fsp3) is 0.872. The summed E-state index contributed by atoms with van der Waals surface area (Å²) in [6, 6.07) is 0.482. The van der Waals surface area contributed by atoms with Gasteiger partial charge in [0.1, 0.15) is 0 Å². The monoisotopic (exact) mass is 625 g/mol. The van der Waals surface area contributed by atoms with E-state index in [0.29, 0.717) is 68.0 Å². The van der Waals surface area contributed by atoms with Gasteiger partial charge in [0.25, 0.3) is 0 Å². The molecular formula is C39H63NO5. The summed E-state index contributed by atoms with van der Waals surface area (Å²) in [5.41, 5.74) is 5.07. The molecule has 4 fully saturated rings. The SMILES string of the molecule is CCCCCOCCOCCOCCN1C[C@@H](C)C[C@H]2O[C@]3(CC[C@@H]4C(=C(C)C3)C[C@H]3[C@H]4CCC4=CC(=O)CC[C@@]43C)[C@H](C)[C@@H]21. The van der Waals surface area contributed by atoms with Gasteiger partial charge in [-0.1, -0.05) is 57.3 Å². The maximum Gasteiger partial charge on any atom is 0.155 e. The summed E-state index contributed by atoms with van der Waals surface area (Å²) < 4.78 is 24.7. The first kappa shape index (κ1) is 33.8. The Morgan fingerprint density at radius 1 is 0.978 bits per heavy atom. The van der Waals surface area contributed by atoms with E-state index in [1.807, 2.05) is 6.08 Å². The van der Waals surface area contributed by atoms with Crippen molar-refractivity contribution in [2.75, 3.05) is 52.7 Å². The van der Waals surface area contributed by atoms with Crippen molar-refractivity contribution in [1.29, 1.82) is 0 Å². The Hall–Kier alpha value is -1.05. The predicted octanol–water partition coefficient (Wildman–Crippen LogP) is 7.55. The third-order valence-corrected chi connectivity index (χ3v) is 13.3. The van der Waals surface area contributed by atoms with Gasteiger partial charge < -0.3 is 18.9 Å². The standard InChI is InChI=1S/C39H63NO5/c1-6-7-8-16-42-18-20-44-21-19-43-17-15-40-26-27(2)22-36-37(40)29(4)39(45-36)14-12-32-33-10-9-30-23-31(41)11-13-38(30,5)35(33)24-34(32)28(3)25-39/h23,27,29,32-33,35-37H,6-22,24-26H2,1-5H3/t27-,29+,32-,33-,35-,36+,37-,38-,39-/m0/s1. The predicted molar refractivity (Wildman–Crippen MR) is 179 cm³/mol. The number of hydrogen-bond donors (Lipinski definition) is 0. The largest absolute Gasteiger partial charge is 0.379 e. The number of nitrogens with zero attached hydrogens (tertiary/aromatic N) is 1. The number of carbonyl (C=O) groups excluding carboxylic acids is 1. The van der Waals surface area contributed by atoms with Crippen LogP contribution in [0.3, 0.4) is 0 Å². The molecule has 45 heavy (non-hydrogen) atoms. The smallest absolute Gasteiger partial charge is 0.155 e. The Bertz CT molecular complexity index is 1100. The number of carbonyl (C=O) groups is 1. The van der Waals surface area contributed by atoms with Gasteiger partial charge in [-0.2, -0.15) is 0 Å². The number of ketones is 1. The molecule has 2 aliphatic heterocycles. The van der Waals surface area contributed by atoms with Crippen LogP contribution in [0.25, 0.3) is 0 Å². The molecule has 2 saturated heterocycles. The van der Waals surface area contributed by atoms with Gasteiger partial charge >= 0.3 is 0 Å². The van der Waals surface area contributed by atoms with E-state index < -0.39 is 0 Å². The summed E-state index contributed by atoms with van der Waals surface area (Å²) in [6.45, 7) is 18.4. The Balaban J connectivity index is 1.03. The third kappa shape index (κ3) is 6.93. The Kier molecular flexibility index (Phi) is 11.0. The van der Waals surface area contributed by atoms with Gasteiger partial charge in [0, 0.05) is 38.1 Å². The normalized spacial score (nSPS) is 39.8. The van der Waals surface area contributed by atoms with Gasteiger partial charge in [-0.25, -0.2) is 0 Å². The molecule has 0 N–H and O–H groups in total. The molecule has 4 aliphatic carbocycles. The fourth-order valence-electron chi connectivity index (χ4n) is 10.9. The van der Waals surface area contributed by atoms with Crippen LogP contribution >= 0.6 is 0 Å². The molecule has 0 bridgehead atoms. The second-order valence-corrected chi connectivity index (χ2v) is 16.1. The number of hydrogen-bond acceptors (Lipinski definition) is 6. The molecule has 0 unspecified atom stereocenters. The maximum absolute atomic E-state index is 12.3. The van der Waals surface area contributed by atoms with Crippen LogP contribution in [0, 0.1) is 35.0 Å².